The van der Waals surface area contributed by atoms with Crippen molar-refractivity contribution in [2.75, 3.05) is 11.9 Å². The molecule has 1 aromatic rings. The molecule has 0 bridgehead atoms. The van der Waals surface area contributed by atoms with Crippen LogP contribution in [0.1, 0.15) is 18.9 Å². The molecule has 0 heterocycles. The van der Waals surface area contributed by atoms with Gasteiger partial charge in [0.05, 0.1) is 11.3 Å². The molecule has 0 aliphatic heterocycles. The van der Waals surface area contributed by atoms with E-state index in [2.05, 4.69) is 23.2 Å². The summed E-state index contributed by atoms with van der Waals surface area (Å²) < 4.78 is 0. The van der Waals surface area contributed by atoms with Crippen LogP contribution in [0.15, 0.2) is 18.2 Å². The Kier molecular flexibility index (Phi) is 4.54. The molecule has 0 spiro atoms. The maximum absolute atomic E-state index is 8.87. The molecule has 0 atom stereocenters. The van der Waals surface area contributed by atoms with Gasteiger partial charge in [0.1, 0.15) is 6.07 Å². The molecule has 0 saturated heterocycles. The molecule has 0 saturated carbocycles. The Morgan fingerprint density at radius 1 is 1.47 bits per heavy atom. The van der Waals surface area contributed by atoms with Crippen molar-refractivity contribution in [3.63, 3.8) is 0 Å². The molecule has 0 aromatic heterocycles. The van der Waals surface area contributed by atoms with E-state index in [9.17, 15) is 0 Å². The van der Waals surface area contributed by atoms with E-state index in [-0.39, 0.29) is 0 Å². The number of halogens is 1. The van der Waals surface area contributed by atoms with Gasteiger partial charge < -0.3 is 5.32 Å². The molecule has 0 fully saturated rings. The summed E-state index contributed by atoms with van der Waals surface area (Å²) in [6.07, 6.45) is 0.768. The first kappa shape index (κ1) is 11.4. The van der Waals surface area contributed by atoms with Crippen LogP contribution in [-0.2, 0) is 0 Å². The minimum Gasteiger partial charge on any atom is -0.383 e. The zero-order valence-corrected chi connectivity index (χ0v) is 9.23. The van der Waals surface area contributed by atoms with Gasteiger partial charge in [-0.2, -0.15) is 5.26 Å². The predicted octanol–water partition coefficient (Wildman–Crippen LogP) is 3.04. The first-order chi connectivity index (χ1) is 7.27. The van der Waals surface area contributed by atoms with Crippen LogP contribution in [-0.4, -0.2) is 6.54 Å². The molecule has 15 heavy (non-hydrogen) atoms. The van der Waals surface area contributed by atoms with E-state index in [0.717, 1.165) is 18.7 Å². The number of nitrogens with one attached hydrogen (secondary N) is 1. The van der Waals surface area contributed by atoms with E-state index >= 15 is 0 Å². The van der Waals surface area contributed by atoms with Crippen molar-refractivity contribution < 1.29 is 0 Å². The Labute approximate surface area is 94.9 Å². The van der Waals surface area contributed by atoms with Crippen molar-refractivity contribution in [2.45, 2.75) is 13.3 Å². The van der Waals surface area contributed by atoms with Gasteiger partial charge >= 0.3 is 0 Å². The largest absolute Gasteiger partial charge is 0.383 e. The van der Waals surface area contributed by atoms with Crippen LogP contribution in [0.4, 0.5) is 5.69 Å². The van der Waals surface area contributed by atoms with Gasteiger partial charge in [0, 0.05) is 18.0 Å². The lowest BCUT2D eigenvalue weighted by Gasteiger charge is -2.06. The van der Waals surface area contributed by atoms with Crippen LogP contribution in [0.5, 0.6) is 0 Å². The number of anilines is 1. The summed E-state index contributed by atoms with van der Waals surface area (Å²) in [5, 5.41) is 12.6. The number of hydrogen-bond donors (Lipinski definition) is 1. The van der Waals surface area contributed by atoms with Gasteiger partial charge in [0.2, 0.25) is 0 Å². The van der Waals surface area contributed by atoms with Crippen LogP contribution in [0, 0.1) is 23.2 Å². The number of nitrogens with zero attached hydrogens (tertiary/aromatic N) is 1. The minimum atomic E-state index is 0.562. The van der Waals surface area contributed by atoms with Crippen LogP contribution in [0.3, 0.4) is 0 Å². The SMILES string of the molecule is CC#CCCNc1ccc(Cl)cc1C#N. The monoisotopic (exact) mass is 218 g/mol. The van der Waals surface area contributed by atoms with E-state index in [1.807, 2.05) is 6.92 Å². The predicted molar refractivity (Wildman–Crippen MR) is 62.7 cm³/mol. The average Bonchev–Trinajstić information content (AvgIpc) is 2.26. The molecule has 0 aliphatic rings. The lowest BCUT2D eigenvalue weighted by molar-refractivity contribution is 1.09. The third-order valence-corrected chi connectivity index (χ3v) is 2.08. The highest BCUT2D eigenvalue weighted by molar-refractivity contribution is 6.30. The second kappa shape index (κ2) is 5.96. The van der Waals surface area contributed by atoms with Crippen molar-refractivity contribution in [1.82, 2.24) is 0 Å². The summed E-state index contributed by atoms with van der Waals surface area (Å²) in [7, 11) is 0. The maximum atomic E-state index is 8.87. The van der Waals surface area contributed by atoms with Gasteiger partial charge in [0.25, 0.3) is 0 Å². The number of hydrogen-bond acceptors (Lipinski definition) is 2. The smallest absolute Gasteiger partial charge is 0.101 e. The number of benzene rings is 1. The Hall–Kier alpha value is -1.64. The van der Waals surface area contributed by atoms with Crippen molar-refractivity contribution in [3.8, 4) is 17.9 Å². The third kappa shape index (κ3) is 3.54. The zero-order chi connectivity index (χ0) is 11.1. The fourth-order valence-electron chi connectivity index (χ4n) is 1.15. The van der Waals surface area contributed by atoms with E-state index < -0.39 is 0 Å². The van der Waals surface area contributed by atoms with Crippen LogP contribution >= 0.6 is 11.6 Å². The summed E-state index contributed by atoms with van der Waals surface area (Å²) >= 11 is 5.78. The molecule has 0 radical (unpaired) electrons. The molecule has 1 N–H and O–H groups in total. The number of nitriles is 1. The Morgan fingerprint density at radius 3 is 2.93 bits per heavy atom. The minimum absolute atomic E-state index is 0.562. The molecular formula is C12H11ClN2. The zero-order valence-electron chi connectivity index (χ0n) is 8.47. The molecule has 1 rings (SSSR count). The second-order valence-electron chi connectivity index (χ2n) is 2.91. The first-order valence-corrected chi connectivity index (χ1v) is 4.99. The van der Waals surface area contributed by atoms with Gasteiger partial charge in [-0.3, -0.25) is 0 Å². The van der Waals surface area contributed by atoms with Gasteiger partial charge in [-0.05, 0) is 25.1 Å². The van der Waals surface area contributed by atoms with E-state index in [1.54, 1.807) is 18.2 Å². The molecule has 1 aromatic carbocycles. The second-order valence-corrected chi connectivity index (χ2v) is 3.34. The summed E-state index contributed by atoms with van der Waals surface area (Å²) in [5.74, 6) is 5.76. The molecule has 0 amide bonds. The van der Waals surface area contributed by atoms with E-state index in [1.165, 1.54) is 0 Å². The highest BCUT2D eigenvalue weighted by Gasteiger charge is 2.01. The molecule has 76 valence electrons. The van der Waals surface area contributed by atoms with Gasteiger partial charge in [-0.25, -0.2) is 0 Å². The molecule has 2 nitrogen and oxygen atoms in total. The highest BCUT2D eigenvalue weighted by Crippen LogP contribution is 2.19. The standard InChI is InChI=1S/C12H11ClN2/c1-2-3-4-7-15-12-6-5-11(13)8-10(12)9-14/h5-6,8,15H,4,7H2,1H3. The first-order valence-electron chi connectivity index (χ1n) is 4.61. The molecule has 0 unspecified atom stereocenters. The van der Waals surface area contributed by atoms with Crippen molar-refractivity contribution >= 4 is 17.3 Å². The topological polar surface area (TPSA) is 35.8 Å². The van der Waals surface area contributed by atoms with Gasteiger partial charge in [0.15, 0.2) is 0 Å². The van der Waals surface area contributed by atoms with Gasteiger partial charge in [-0.1, -0.05) is 11.6 Å². The molecular weight excluding hydrogens is 208 g/mol. The van der Waals surface area contributed by atoms with E-state index in [0.29, 0.717) is 10.6 Å². The normalized spacial score (nSPS) is 8.60. The lowest BCUT2D eigenvalue weighted by atomic mass is 10.2. The van der Waals surface area contributed by atoms with Crippen molar-refractivity contribution in [1.29, 1.82) is 5.26 Å². The van der Waals surface area contributed by atoms with Crippen molar-refractivity contribution in [3.05, 3.63) is 28.8 Å². The fraction of sp³-hybridized carbons (Fsp3) is 0.250. The quantitative estimate of drug-likeness (QED) is 0.625. The fourth-order valence-corrected chi connectivity index (χ4v) is 1.32. The summed E-state index contributed by atoms with van der Waals surface area (Å²) in [6, 6.07) is 7.31. The summed E-state index contributed by atoms with van der Waals surface area (Å²) in [4.78, 5) is 0. The van der Waals surface area contributed by atoms with Crippen LogP contribution < -0.4 is 5.32 Å². The van der Waals surface area contributed by atoms with Crippen LogP contribution in [0.25, 0.3) is 0 Å². The summed E-state index contributed by atoms with van der Waals surface area (Å²) in [6.45, 7) is 2.54. The Bertz CT molecular complexity index is 435. The third-order valence-electron chi connectivity index (χ3n) is 1.84. The van der Waals surface area contributed by atoms with Crippen LogP contribution in [0.2, 0.25) is 5.02 Å². The molecule has 0 aliphatic carbocycles. The average molecular weight is 219 g/mol. The highest BCUT2D eigenvalue weighted by atomic mass is 35.5. The lowest BCUT2D eigenvalue weighted by Crippen LogP contribution is -2.02. The van der Waals surface area contributed by atoms with Crippen molar-refractivity contribution in [2.24, 2.45) is 0 Å². The Balaban J connectivity index is 2.67. The van der Waals surface area contributed by atoms with E-state index in [4.69, 9.17) is 16.9 Å². The maximum Gasteiger partial charge on any atom is 0.101 e. The summed E-state index contributed by atoms with van der Waals surface area (Å²) in [5.41, 5.74) is 1.37. The molecule has 3 heteroatoms. The van der Waals surface area contributed by atoms with Gasteiger partial charge in [-0.15, -0.1) is 11.8 Å². The number of rotatable bonds is 3. The Morgan fingerprint density at radius 2 is 2.27 bits per heavy atom.